The maximum Gasteiger partial charge on any atom is 0.331 e. The summed E-state index contributed by atoms with van der Waals surface area (Å²) >= 11 is 0. The van der Waals surface area contributed by atoms with Crippen molar-refractivity contribution in [3.63, 3.8) is 0 Å². The van der Waals surface area contributed by atoms with Gasteiger partial charge in [0, 0.05) is 40.3 Å². The Morgan fingerprint density at radius 2 is 1.78 bits per heavy atom. The minimum Gasteiger partial charge on any atom is -0.494 e. The number of H-pyrrole nitrogens is 1. The van der Waals surface area contributed by atoms with E-state index in [1.54, 1.807) is 11.7 Å². The van der Waals surface area contributed by atoms with E-state index in [0.717, 1.165) is 33.5 Å². The number of fused-ring (bicyclic) bond motifs is 1. The molecule has 0 radical (unpaired) electrons. The Morgan fingerprint density at radius 1 is 1.05 bits per heavy atom. The molecule has 0 unspecified atom stereocenters. The molecule has 188 valence electrons. The topological polar surface area (TPSA) is 83.4 Å². The maximum absolute atomic E-state index is 13.6. The Kier molecular flexibility index (Phi) is 6.44. The predicted octanol–water partition coefficient (Wildman–Crippen LogP) is 6.86. The number of carbonyl (C=O) groups is 1. The van der Waals surface area contributed by atoms with Crippen molar-refractivity contribution >= 4 is 40.1 Å². The van der Waals surface area contributed by atoms with Gasteiger partial charge in [-0.2, -0.15) is 0 Å². The zero-order valence-corrected chi connectivity index (χ0v) is 21.7. The fraction of sp³-hybridized carbons (Fsp3) is 0.200. The highest BCUT2D eigenvalue weighted by Crippen LogP contribution is 2.29. The van der Waals surface area contributed by atoms with Gasteiger partial charge in [-0.1, -0.05) is 18.2 Å². The lowest BCUT2D eigenvalue weighted by atomic mass is 10.2. The summed E-state index contributed by atoms with van der Waals surface area (Å²) in [6, 6.07) is 19.7. The number of aromatic nitrogens is 2. The number of methoxy groups -OCH3 is 1. The van der Waals surface area contributed by atoms with Crippen molar-refractivity contribution < 1.29 is 9.53 Å². The number of hydrogen-bond donors (Lipinski definition) is 3. The molecule has 0 aliphatic carbocycles. The van der Waals surface area contributed by atoms with Crippen LogP contribution in [-0.4, -0.2) is 34.4 Å². The first kappa shape index (κ1) is 24.2. The van der Waals surface area contributed by atoms with Crippen LogP contribution in [0.5, 0.6) is 0 Å². The molecule has 4 aromatic rings. The van der Waals surface area contributed by atoms with Gasteiger partial charge in [0.15, 0.2) is 0 Å². The van der Waals surface area contributed by atoms with Crippen LogP contribution in [0.2, 0.25) is 0 Å². The standard InChI is InChI=1S/C30H31N5O2/c1-18(2)31-22-10-12-23(13-11-22)33-30(36)35-27-9-7-6-8-21(27)15-28(35)25-17-29(37-5)26(34-25)16-24-19(3)14-20(4)32-24/h6-18,31-32H,1-5H3,(H,33,36)/b26-16-. The quantitative estimate of drug-likeness (QED) is 0.274. The number of hydrogen-bond acceptors (Lipinski definition) is 4. The summed E-state index contributed by atoms with van der Waals surface area (Å²) in [6.45, 7) is 8.26. The molecule has 0 fully saturated rings. The summed E-state index contributed by atoms with van der Waals surface area (Å²) < 4.78 is 7.32. The highest BCUT2D eigenvalue weighted by molar-refractivity contribution is 6.16. The molecule has 0 atom stereocenters. The number of amides is 1. The van der Waals surface area contributed by atoms with Gasteiger partial charge >= 0.3 is 6.03 Å². The van der Waals surface area contributed by atoms with E-state index in [0.29, 0.717) is 34.6 Å². The van der Waals surface area contributed by atoms with Crippen molar-refractivity contribution in [1.29, 1.82) is 0 Å². The summed E-state index contributed by atoms with van der Waals surface area (Å²) in [5.41, 5.74) is 7.76. The van der Waals surface area contributed by atoms with Gasteiger partial charge in [0.1, 0.15) is 11.5 Å². The SMILES string of the molecule is COC1=CC(c2cc3ccccc3n2C(=O)Nc2ccc(NC(C)C)cc2)=N/C1=C\c1[nH]c(C)cc1C. The van der Waals surface area contributed by atoms with E-state index in [1.807, 2.05) is 73.7 Å². The number of aryl methyl sites for hydroxylation is 2. The fourth-order valence-corrected chi connectivity index (χ4v) is 4.57. The molecule has 2 aromatic carbocycles. The van der Waals surface area contributed by atoms with E-state index in [4.69, 9.17) is 9.73 Å². The maximum atomic E-state index is 13.6. The molecule has 3 N–H and O–H groups in total. The molecule has 3 heterocycles. The third kappa shape index (κ3) is 4.93. The summed E-state index contributed by atoms with van der Waals surface area (Å²) in [7, 11) is 1.63. The van der Waals surface area contributed by atoms with Crippen LogP contribution in [-0.2, 0) is 4.74 Å². The van der Waals surface area contributed by atoms with E-state index in [9.17, 15) is 4.79 Å². The van der Waals surface area contributed by atoms with Crippen molar-refractivity contribution in [3.8, 4) is 0 Å². The predicted molar refractivity (Wildman–Crippen MR) is 151 cm³/mol. The number of anilines is 2. The summed E-state index contributed by atoms with van der Waals surface area (Å²) in [4.78, 5) is 21.8. The van der Waals surface area contributed by atoms with Crippen molar-refractivity contribution in [2.75, 3.05) is 17.7 Å². The zero-order valence-electron chi connectivity index (χ0n) is 21.7. The molecule has 1 aliphatic rings. The first-order valence-corrected chi connectivity index (χ1v) is 12.3. The fourth-order valence-electron chi connectivity index (χ4n) is 4.57. The van der Waals surface area contributed by atoms with E-state index in [2.05, 4.69) is 42.5 Å². The van der Waals surface area contributed by atoms with E-state index < -0.39 is 0 Å². The number of allylic oxidation sites excluding steroid dienone is 1. The number of aliphatic imine (C=N–C) groups is 1. The average molecular weight is 494 g/mol. The van der Waals surface area contributed by atoms with Gasteiger partial charge < -0.3 is 20.4 Å². The normalized spacial score (nSPS) is 14.3. The Labute approximate surface area is 216 Å². The third-order valence-electron chi connectivity index (χ3n) is 6.22. The minimum atomic E-state index is -0.260. The first-order valence-electron chi connectivity index (χ1n) is 12.3. The summed E-state index contributed by atoms with van der Waals surface area (Å²) in [6.07, 6.45) is 3.85. The highest BCUT2D eigenvalue weighted by Gasteiger charge is 2.23. The van der Waals surface area contributed by atoms with Crippen LogP contribution in [0.3, 0.4) is 0 Å². The molecule has 0 saturated carbocycles. The highest BCUT2D eigenvalue weighted by atomic mass is 16.5. The molecule has 7 nitrogen and oxygen atoms in total. The van der Waals surface area contributed by atoms with Crippen LogP contribution in [0, 0.1) is 13.8 Å². The lowest BCUT2D eigenvalue weighted by Crippen LogP contribution is -2.22. The van der Waals surface area contributed by atoms with E-state index >= 15 is 0 Å². The van der Waals surface area contributed by atoms with Crippen molar-refractivity contribution in [2.45, 2.75) is 33.7 Å². The number of rotatable bonds is 6. The van der Waals surface area contributed by atoms with Gasteiger partial charge in [0.2, 0.25) is 0 Å². The lowest BCUT2D eigenvalue weighted by Gasteiger charge is -2.13. The van der Waals surface area contributed by atoms with Crippen LogP contribution in [0.25, 0.3) is 17.0 Å². The van der Waals surface area contributed by atoms with Crippen LogP contribution in [0.1, 0.15) is 36.5 Å². The van der Waals surface area contributed by atoms with Crippen molar-refractivity contribution in [3.05, 3.63) is 101 Å². The molecule has 1 amide bonds. The number of benzene rings is 2. The number of nitrogens with zero attached hydrogens (tertiary/aromatic N) is 2. The van der Waals surface area contributed by atoms with Crippen LogP contribution in [0.15, 0.2) is 83.2 Å². The van der Waals surface area contributed by atoms with Gasteiger partial charge in [-0.25, -0.2) is 9.79 Å². The second kappa shape index (κ2) is 9.85. The minimum absolute atomic E-state index is 0.260. The zero-order chi connectivity index (χ0) is 26.1. The molecule has 7 heteroatoms. The molecular weight excluding hydrogens is 462 g/mol. The lowest BCUT2D eigenvalue weighted by molar-refractivity contribution is 0.254. The Bertz CT molecular complexity index is 1570. The second-order valence-electron chi connectivity index (χ2n) is 9.52. The van der Waals surface area contributed by atoms with Gasteiger partial charge in [0.25, 0.3) is 0 Å². The van der Waals surface area contributed by atoms with Crippen LogP contribution >= 0.6 is 0 Å². The summed E-state index contributed by atoms with van der Waals surface area (Å²) in [5.74, 6) is 0.645. The molecular formula is C30H31N5O2. The number of nitrogens with one attached hydrogen (secondary N) is 3. The average Bonchev–Trinajstić information content (AvgIpc) is 3.54. The Hall–Kier alpha value is -4.52. The second-order valence-corrected chi connectivity index (χ2v) is 9.52. The van der Waals surface area contributed by atoms with E-state index in [1.165, 1.54) is 0 Å². The largest absolute Gasteiger partial charge is 0.494 e. The molecule has 0 bridgehead atoms. The number of aromatic amines is 1. The summed E-state index contributed by atoms with van der Waals surface area (Å²) in [5, 5.41) is 7.35. The molecule has 0 saturated heterocycles. The Morgan fingerprint density at radius 3 is 2.46 bits per heavy atom. The van der Waals surface area contributed by atoms with Gasteiger partial charge in [-0.15, -0.1) is 0 Å². The van der Waals surface area contributed by atoms with Gasteiger partial charge in [-0.05, 0) is 81.8 Å². The van der Waals surface area contributed by atoms with Gasteiger partial charge in [0.05, 0.1) is 24.0 Å². The van der Waals surface area contributed by atoms with E-state index in [-0.39, 0.29) is 6.03 Å². The monoisotopic (exact) mass is 493 g/mol. The smallest absolute Gasteiger partial charge is 0.331 e. The molecule has 37 heavy (non-hydrogen) atoms. The first-order chi connectivity index (χ1) is 17.8. The van der Waals surface area contributed by atoms with Crippen LogP contribution < -0.4 is 10.6 Å². The Balaban J connectivity index is 1.53. The molecule has 0 spiro atoms. The van der Waals surface area contributed by atoms with Crippen molar-refractivity contribution in [1.82, 2.24) is 9.55 Å². The van der Waals surface area contributed by atoms with Gasteiger partial charge in [-0.3, -0.25) is 4.57 Å². The third-order valence-corrected chi connectivity index (χ3v) is 6.22. The number of para-hydroxylation sites is 1. The molecule has 1 aliphatic heterocycles. The van der Waals surface area contributed by atoms with Crippen molar-refractivity contribution in [2.24, 2.45) is 4.99 Å². The number of carbonyl (C=O) groups excluding carboxylic acids is 1. The van der Waals surface area contributed by atoms with Crippen LogP contribution in [0.4, 0.5) is 16.2 Å². The molecule has 2 aromatic heterocycles. The molecule has 5 rings (SSSR count). The number of ether oxygens (including phenoxy) is 1.